The van der Waals surface area contributed by atoms with Crippen LogP contribution in [0.5, 0.6) is 11.5 Å². The topological polar surface area (TPSA) is 46.5 Å². The Hall–Kier alpha value is -2.29. The van der Waals surface area contributed by atoms with E-state index < -0.39 is 0 Å². The van der Waals surface area contributed by atoms with Crippen LogP contribution in [0.4, 0.5) is 0 Å². The maximum Gasteiger partial charge on any atom is 0.154 e. The highest BCUT2D eigenvalue weighted by Gasteiger charge is 2.07. The highest BCUT2D eigenvalue weighted by Crippen LogP contribution is 2.26. The number of ether oxygens (including phenoxy) is 1. The van der Waals surface area contributed by atoms with E-state index in [0.29, 0.717) is 29.8 Å². The second-order valence-corrected chi connectivity index (χ2v) is 4.07. The molecular formula is C15H14O3. The molecule has 0 aliphatic rings. The Morgan fingerprint density at radius 2 is 1.94 bits per heavy atom. The molecule has 2 aromatic carbocycles. The van der Waals surface area contributed by atoms with Gasteiger partial charge in [0.15, 0.2) is 6.29 Å². The van der Waals surface area contributed by atoms with E-state index in [1.54, 1.807) is 13.0 Å². The zero-order valence-corrected chi connectivity index (χ0v) is 10.1. The molecule has 0 unspecified atom stereocenters. The summed E-state index contributed by atoms with van der Waals surface area (Å²) in [5.41, 5.74) is 2.06. The molecule has 0 bridgehead atoms. The van der Waals surface area contributed by atoms with Crippen LogP contribution >= 0.6 is 0 Å². The van der Waals surface area contributed by atoms with Gasteiger partial charge in [-0.2, -0.15) is 0 Å². The van der Waals surface area contributed by atoms with Crippen molar-refractivity contribution in [3.8, 4) is 11.5 Å². The molecule has 1 N–H and O–H groups in total. The second kappa shape index (κ2) is 5.36. The van der Waals surface area contributed by atoms with Crippen LogP contribution in [0.25, 0.3) is 0 Å². The molecule has 18 heavy (non-hydrogen) atoms. The molecule has 0 heterocycles. The monoisotopic (exact) mass is 242 g/mol. The fourth-order valence-electron chi connectivity index (χ4n) is 1.72. The second-order valence-electron chi connectivity index (χ2n) is 4.07. The number of hydrogen-bond donors (Lipinski definition) is 1. The molecule has 0 aliphatic carbocycles. The van der Waals surface area contributed by atoms with Crippen molar-refractivity contribution in [3.63, 3.8) is 0 Å². The molecule has 3 nitrogen and oxygen atoms in total. The van der Waals surface area contributed by atoms with E-state index in [0.717, 1.165) is 5.56 Å². The van der Waals surface area contributed by atoms with E-state index in [-0.39, 0.29) is 5.75 Å². The van der Waals surface area contributed by atoms with Gasteiger partial charge in [-0.05, 0) is 24.1 Å². The third-order valence-corrected chi connectivity index (χ3v) is 2.70. The molecule has 0 aliphatic heterocycles. The van der Waals surface area contributed by atoms with Gasteiger partial charge in [-0.15, -0.1) is 0 Å². The highest BCUT2D eigenvalue weighted by molar-refractivity contribution is 5.81. The summed E-state index contributed by atoms with van der Waals surface area (Å²) in [6, 6.07) is 13.0. The standard InChI is InChI=1S/C15H14O3/c1-11-7-13(8-15(17)14(11)9-16)18-10-12-5-3-2-4-6-12/h2-9,17H,10H2,1H3. The number of carbonyl (C=O) groups excluding carboxylic acids is 1. The van der Waals surface area contributed by atoms with Gasteiger partial charge in [0, 0.05) is 6.07 Å². The van der Waals surface area contributed by atoms with E-state index in [9.17, 15) is 9.90 Å². The summed E-state index contributed by atoms with van der Waals surface area (Å²) in [7, 11) is 0. The number of aldehydes is 1. The van der Waals surface area contributed by atoms with Gasteiger partial charge in [0.05, 0.1) is 5.56 Å². The summed E-state index contributed by atoms with van der Waals surface area (Å²) in [5.74, 6) is 0.507. The quantitative estimate of drug-likeness (QED) is 0.838. The third kappa shape index (κ3) is 2.69. The van der Waals surface area contributed by atoms with Crippen molar-refractivity contribution in [1.82, 2.24) is 0 Å². The van der Waals surface area contributed by atoms with Crippen molar-refractivity contribution < 1.29 is 14.6 Å². The molecule has 0 amide bonds. The maximum absolute atomic E-state index is 10.7. The lowest BCUT2D eigenvalue weighted by Crippen LogP contribution is -1.96. The van der Waals surface area contributed by atoms with E-state index in [1.165, 1.54) is 6.07 Å². The Morgan fingerprint density at radius 1 is 1.22 bits per heavy atom. The minimum absolute atomic E-state index is 0.0481. The molecule has 2 aromatic rings. The van der Waals surface area contributed by atoms with Gasteiger partial charge in [0.1, 0.15) is 18.1 Å². The maximum atomic E-state index is 10.7. The summed E-state index contributed by atoms with van der Waals surface area (Å²) in [5, 5.41) is 9.66. The van der Waals surface area contributed by atoms with Crippen LogP contribution in [0, 0.1) is 6.92 Å². The molecule has 2 rings (SSSR count). The number of carbonyl (C=O) groups is 1. The minimum Gasteiger partial charge on any atom is -0.507 e. The van der Waals surface area contributed by atoms with Crippen LogP contribution < -0.4 is 4.74 Å². The molecule has 0 fully saturated rings. The van der Waals surface area contributed by atoms with E-state index in [2.05, 4.69) is 0 Å². The Labute approximate surface area is 106 Å². The largest absolute Gasteiger partial charge is 0.507 e. The van der Waals surface area contributed by atoms with Crippen molar-refractivity contribution in [3.05, 3.63) is 59.2 Å². The predicted octanol–water partition coefficient (Wildman–Crippen LogP) is 3.09. The number of hydrogen-bond acceptors (Lipinski definition) is 3. The van der Waals surface area contributed by atoms with Crippen molar-refractivity contribution in [2.24, 2.45) is 0 Å². The molecule has 3 heteroatoms. The van der Waals surface area contributed by atoms with Gasteiger partial charge in [0.2, 0.25) is 0 Å². The first-order chi connectivity index (χ1) is 8.70. The van der Waals surface area contributed by atoms with Crippen LogP contribution in [-0.4, -0.2) is 11.4 Å². The van der Waals surface area contributed by atoms with Gasteiger partial charge in [-0.1, -0.05) is 30.3 Å². The number of phenolic OH excluding ortho intramolecular Hbond substituents is 1. The molecule has 0 atom stereocenters. The Kier molecular flexibility index (Phi) is 3.63. The van der Waals surface area contributed by atoms with Crippen molar-refractivity contribution >= 4 is 6.29 Å². The third-order valence-electron chi connectivity index (χ3n) is 2.70. The lowest BCUT2D eigenvalue weighted by molar-refractivity contribution is 0.112. The molecular weight excluding hydrogens is 228 g/mol. The van der Waals surface area contributed by atoms with Gasteiger partial charge in [-0.25, -0.2) is 0 Å². The van der Waals surface area contributed by atoms with Crippen molar-refractivity contribution in [1.29, 1.82) is 0 Å². The lowest BCUT2D eigenvalue weighted by atomic mass is 10.1. The fourth-order valence-corrected chi connectivity index (χ4v) is 1.72. The number of phenols is 1. The summed E-state index contributed by atoms with van der Waals surface area (Å²) in [4.78, 5) is 10.7. The summed E-state index contributed by atoms with van der Waals surface area (Å²) in [6.45, 7) is 2.19. The fraction of sp³-hybridized carbons (Fsp3) is 0.133. The average molecular weight is 242 g/mol. The summed E-state index contributed by atoms with van der Waals surface area (Å²) in [6.07, 6.45) is 0.644. The number of aryl methyl sites for hydroxylation is 1. The summed E-state index contributed by atoms with van der Waals surface area (Å²) < 4.78 is 5.58. The first kappa shape index (κ1) is 12.2. The summed E-state index contributed by atoms with van der Waals surface area (Å²) >= 11 is 0. The molecule has 0 saturated carbocycles. The molecule has 0 radical (unpaired) electrons. The van der Waals surface area contributed by atoms with Crippen LogP contribution in [0.1, 0.15) is 21.5 Å². The smallest absolute Gasteiger partial charge is 0.154 e. The Morgan fingerprint density at radius 3 is 2.56 bits per heavy atom. The molecule has 0 aromatic heterocycles. The van der Waals surface area contributed by atoms with E-state index in [1.807, 2.05) is 30.3 Å². The van der Waals surface area contributed by atoms with Crippen molar-refractivity contribution in [2.45, 2.75) is 13.5 Å². The first-order valence-electron chi connectivity index (χ1n) is 5.66. The Bertz CT molecular complexity index is 524. The first-order valence-corrected chi connectivity index (χ1v) is 5.66. The predicted molar refractivity (Wildman–Crippen MR) is 69.0 cm³/mol. The van der Waals surface area contributed by atoms with Crippen LogP contribution in [0.2, 0.25) is 0 Å². The Balaban J connectivity index is 2.13. The van der Waals surface area contributed by atoms with Gasteiger partial charge in [-0.3, -0.25) is 4.79 Å². The van der Waals surface area contributed by atoms with Gasteiger partial charge < -0.3 is 9.84 Å². The minimum atomic E-state index is -0.0481. The molecule has 0 spiro atoms. The van der Waals surface area contributed by atoms with Crippen LogP contribution in [0.15, 0.2) is 42.5 Å². The molecule has 0 saturated heterocycles. The normalized spacial score (nSPS) is 10.1. The SMILES string of the molecule is Cc1cc(OCc2ccccc2)cc(O)c1C=O. The molecule has 92 valence electrons. The van der Waals surface area contributed by atoms with E-state index >= 15 is 0 Å². The lowest BCUT2D eigenvalue weighted by Gasteiger charge is -2.09. The average Bonchev–Trinajstić information content (AvgIpc) is 2.37. The van der Waals surface area contributed by atoms with Crippen molar-refractivity contribution in [2.75, 3.05) is 0 Å². The number of rotatable bonds is 4. The number of benzene rings is 2. The van der Waals surface area contributed by atoms with Gasteiger partial charge >= 0.3 is 0 Å². The van der Waals surface area contributed by atoms with E-state index in [4.69, 9.17) is 4.74 Å². The zero-order chi connectivity index (χ0) is 13.0. The van der Waals surface area contributed by atoms with Crippen LogP contribution in [-0.2, 0) is 6.61 Å². The van der Waals surface area contributed by atoms with Crippen LogP contribution in [0.3, 0.4) is 0 Å². The highest BCUT2D eigenvalue weighted by atomic mass is 16.5. The number of aromatic hydroxyl groups is 1. The zero-order valence-electron chi connectivity index (χ0n) is 10.1. The van der Waals surface area contributed by atoms with Gasteiger partial charge in [0.25, 0.3) is 0 Å².